The Kier molecular flexibility index (Phi) is 5.64. The summed E-state index contributed by atoms with van der Waals surface area (Å²) in [6, 6.07) is 14.9. The Balaban J connectivity index is 1.77. The highest BCUT2D eigenvalue weighted by molar-refractivity contribution is 7.98. The van der Waals surface area contributed by atoms with Gasteiger partial charge < -0.3 is 4.74 Å². The van der Waals surface area contributed by atoms with Crippen molar-refractivity contribution >= 4 is 29.3 Å². The first-order valence-corrected chi connectivity index (χ1v) is 9.60. The van der Waals surface area contributed by atoms with Gasteiger partial charge in [-0.25, -0.2) is 4.90 Å². The van der Waals surface area contributed by atoms with Crippen molar-refractivity contribution in [3.05, 3.63) is 54.1 Å². The maximum atomic E-state index is 12.9. The molecule has 0 N–H and O–H groups in total. The van der Waals surface area contributed by atoms with E-state index >= 15 is 0 Å². The number of anilines is 1. The predicted molar refractivity (Wildman–Crippen MR) is 104 cm³/mol. The van der Waals surface area contributed by atoms with Crippen LogP contribution in [0.3, 0.4) is 0 Å². The Morgan fingerprint density at radius 1 is 1.15 bits per heavy atom. The van der Waals surface area contributed by atoms with Crippen LogP contribution in [0.4, 0.5) is 5.69 Å². The Hall–Kier alpha value is -2.31. The number of methoxy groups -OCH3 is 1. The highest BCUT2D eigenvalue weighted by Gasteiger charge is 2.42. The van der Waals surface area contributed by atoms with Crippen molar-refractivity contribution in [1.82, 2.24) is 4.90 Å². The van der Waals surface area contributed by atoms with Gasteiger partial charge in [0.05, 0.1) is 25.3 Å². The molecule has 0 aromatic heterocycles. The van der Waals surface area contributed by atoms with Gasteiger partial charge in [0.1, 0.15) is 5.75 Å². The van der Waals surface area contributed by atoms with Crippen LogP contribution in [0.15, 0.2) is 53.4 Å². The maximum absolute atomic E-state index is 12.9. The molecule has 0 saturated carbocycles. The van der Waals surface area contributed by atoms with Gasteiger partial charge in [-0.3, -0.25) is 14.5 Å². The second kappa shape index (κ2) is 7.93. The number of nitrogens with zero attached hydrogens (tertiary/aromatic N) is 2. The SMILES string of the molecule is COc1ccccc1N1C(=O)CC(N(C)Cc2ccc(SC)cc2)C1=O. The molecule has 1 unspecified atom stereocenters. The van der Waals surface area contributed by atoms with E-state index in [1.165, 1.54) is 16.9 Å². The fraction of sp³-hybridized carbons (Fsp3) is 0.300. The van der Waals surface area contributed by atoms with Gasteiger partial charge >= 0.3 is 0 Å². The van der Waals surface area contributed by atoms with Crippen LogP contribution in [0.25, 0.3) is 0 Å². The summed E-state index contributed by atoms with van der Waals surface area (Å²) in [6.45, 7) is 0.609. The van der Waals surface area contributed by atoms with E-state index < -0.39 is 6.04 Å². The van der Waals surface area contributed by atoms with Gasteiger partial charge in [-0.1, -0.05) is 24.3 Å². The zero-order chi connectivity index (χ0) is 18.7. The van der Waals surface area contributed by atoms with Gasteiger partial charge in [0.15, 0.2) is 0 Å². The van der Waals surface area contributed by atoms with Crippen molar-refractivity contribution in [2.24, 2.45) is 0 Å². The molecule has 1 atom stereocenters. The smallest absolute Gasteiger partial charge is 0.251 e. The first kappa shape index (κ1) is 18.5. The summed E-state index contributed by atoms with van der Waals surface area (Å²) in [7, 11) is 3.41. The minimum absolute atomic E-state index is 0.177. The predicted octanol–water partition coefficient (Wildman–Crippen LogP) is 3.18. The summed E-state index contributed by atoms with van der Waals surface area (Å²) >= 11 is 1.69. The number of benzene rings is 2. The minimum atomic E-state index is -0.465. The number of amides is 2. The number of ether oxygens (including phenoxy) is 1. The molecule has 5 nitrogen and oxygen atoms in total. The molecule has 2 aromatic rings. The number of hydrogen-bond donors (Lipinski definition) is 0. The van der Waals surface area contributed by atoms with E-state index in [-0.39, 0.29) is 18.2 Å². The van der Waals surface area contributed by atoms with E-state index in [4.69, 9.17) is 4.74 Å². The number of hydrogen-bond acceptors (Lipinski definition) is 5. The van der Waals surface area contributed by atoms with Crippen LogP contribution in [0.5, 0.6) is 5.75 Å². The average molecular weight is 370 g/mol. The first-order valence-electron chi connectivity index (χ1n) is 8.38. The lowest BCUT2D eigenvalue weighted by molar-refractivity contribution is -0.122. The van der Waals surface area contributed by atoms with Gasteiger partial charge in [-0.05, 0) is 43.1 Å². The third kappa shape index (κ3) is 3.61. The molecular formula is C20H22N2O3S. The lowest BCUT2D eigenvalue weighted by atomic mass is 10.1. The largest absolute Gasteiger partial charge is 0.495 e. The van der Waals surface area contributed by atoms with Gasteiger partial charge in [-0.15, -0.1) is 11.8 Å². The molecule has 1 aliphatic heterocycles. The van der Waals surface area contributed by atoms with Crippen LogP contribution in [-0.4, -0.2) is 43.2 Å². The molecule has 0 radical (unpaired) electrons. The molecule has 26 heavy (non-hydrogen) atoms. The molecule has 3 rings (SSSR count). The van der Waals surface area contributed by atoms with E-state index in [2.05, 4.69) is 24.3 Å². The molecule has 6 heteroatoms. The molecule has 136 valence electrons. The Morgan fingerprint density at radius 2 is 1.85 bits per heavy atom. The van der Waals surface area contributed by atoms with Crippen LogP contribution in [0.2, 0.25) is 0 Å². The van der Waals surface area contributed by atoms with Gasteiger partial charge in [-0.2, -0.15) is 0 Å². The summed E-state index contributed by atoms with van der Waals surface area (Å²) in [4.78, 5) is 29.8. The number of imide groups is 1. The topological polar surface area (TPSA) is 49.9 Å². The molecular weight excluding hydrogens is 348 g/mol. The third-order valence-corrected chi connectivity index (χ3v) is 5.32. The van der Waals surface area contributed by atoms with Crippen LogP contribution >= 0.6 is 11.8 Å². The second-order valence-electron chi connectivity index (χ2n) is 6.22. The summed E-state index contributed by atoms with van der Waals surface area (Å²) in [6.07, 6.45) is 2.21. The number of rotatable bonds is 6. The van der Waals surface area contributed by atoms with Crippen molar-refractivity contribution in [2.75, 3.05) is 25.3 Å². The highest BCUT2D eigenvalue weighted by Crippen LogP contribution is 2.33. The van der Waals surface area contributed by atoms with Crippen molar-refractivity contribution in [3.63, 3.8) is 0 Å². The van der Waals surface area contributed by atoms with E-state index in [9.17, 15) is 9.59 Å². The number of thioether (sulfide) groups is 1. The molecule has 1 heterocycles. The van der Waals surface area contributed by atoms with E-state index in [0.29, 0.717) is 18.0 Å². The van der Waals surface area contributed by atoms with Crippen molar-refractivity contribution in [2.45, 2.75) is 23.9 Å². The highest BCUT2D eigenvalue weighted by atomic mass is 32.2. The zero-order valence-corrected chi connectivity index (χ0v) is 16.0. The van der Waals surface area contributed by atoms with Crippen LogP contribution in [-0.2, 0) is 16.1 Å². The lowest BCUT2D eigenvalue weighted by Crippen LogP contribution is -2.39. The summed E-state index contributed by atoms with van der Waals surface area (Å²) in [5.74, 6) is 0.113. The molecule has 0 bridgehead atoms. The Bertz CT molecular complexity index is 807. The Morgan fingerprint density at radius 3 is 2.50 bits per heavy atom. The van der Waals surface area contributed by atoms with Crippen molar-refractivity contribution in [1.29, 1.82) is 0 Å². The molecule has 1 fully saturated rings. The van der Waals surface area contributed by atoms with E-state index in [1.54, 1.807) is 30.0 Å². The standard InChI is InChI=1S/C20H22N2O3S/c1-21(13-14-8-10-15(26-3)11-9-14)17-12-19(23)22(20(17)24)16-6-4-5-7-18(16)25-2/h4-11,17H,12-13H2,1-3H3. The van der Waals surface area contributed by atoms with E-state index in [0.717, 1.165) is 5.56 Å². The van der Waals surface area contributed by atoms with E-state index in [1.807, 2.05) is 24.3 Å². The molecule has 0 aliphatic carbocycles. The van der Waals surface area contributed by atoms with Crippen LogP contribution < -0.4 is 9.64 Å². The number of likely N-dealkylation sites (N-methyl/N-ethyl adjacent to an activating group) is 1. The monoisotopic (exact) mass is 370 g/mol. The summed E-state index contributed by atoms with van der Waals surface area (Å²) in [5, 5.41) is 0. The van der Waals surface area contributed by atoms with Gasteiger partial charge in [0.2, 0.25) is 5.91 Å². The fourth-order valence-electron chi connectivity index (χ4n) is 3.16. The molecule has 2 amide bonds. The summed E-state index contributed by atoms with van der Waals surface area (Å²) < 4.78 is 5.31. The quantitative estimate of drug-likeness (QED) is 0.577. The first-order chi connectivity index (χ1) is 12.5. The molecule has 1 saturated heterocycles. The van der Waals surface area contributed by atoms with Crippen molar-refractivity contribution in [3.8, 4) is 5.75 Å². The zero-order valence-electron chi connectivity index (χ0n) is 15.1. The minimum Gasteiger partial charge on any atom is -0.495 e. The summed E-state index contributed by atoms with van der Waals surface area (Å²) in [5.41, 5.74) is 1.62. The molecule has 0 spiro atoms. The van der Waals surface area contributed by atoms with Crippen LogP contribution in [0.1, 0.15) is 12.0 Å². The Labute approximate surface area is 157 Å². The number of para-hydroxylation sites is 2. The fourth-order valence-corrected chi connectivity index (χ4v) is 3.57. The normalized spacial score (nSPS) is 17.2. The average Bonchev–Trinajstić information content (AvgIpc) is 2.96. The third-order valence-electron chi connectivity index (χ3n) is 4.57. The van der Waals surface area contributed by atoms with Gasteiger partial charge in [0, 0.05) is 11.4 Å². The van der Waals surface area contributed by atoms with Gasteiger partial charge in [0.25, 0.3) is 5.91 Å². The van der Waals surface area contributed by atoms with Crippen molar-refractivity contribution < 1.29 is 14.3 Å². The second-order valence-corrected chi connectivity index (χ2v) is 7.10. The molecule has 2 aromatic carbocycles. The number of carbonyl (C=O) groups excluding carboxylic acids is 2. The lowest BCUT2D eigenvalue weighted by Gasteiger charge is -2.23. The molecule has 1 aliphatic rings. The van der Waals surface area contributed by atoms with Crippen LogP contribution in [0, 0.1) is 0 Å². The maximum Gasteiger partial charge on any atom is 0.251 e. The number of carbonyl (C=O) groups is 2.